The largest absolute Gasteiger partial charge is 0.355 e. The van der Waals surface area contributed by atoms with Crippen LogP contribution < -0.4 is 5.32 Å². The first-order valence-corrected chi connectivity index (χ1v) is 8.76. The Morgan fingerprint density at radius 1 is 1.32 bits per heavy atom. The summed E-state index contributed by atoms with van der Waals surface area (Å²) in [7, 11) is 0. The fourth-order valence-corrected chi connectivity index (χ4v) is 3.38. The molecule has 1 saturated heterocycles. The quantitative estimate of drug-likeness (QED) is 0.838. The first-order valence-electron chi connectivity index (χ1n) is 8.76. The zero-order valence-electron chi connectivity index (χ0n) is 14.1. The van der Waals surface area contributed by atoms with Gasteiger partial charge in [0.15, 0.2) is 0 Å². The summed E-state index contributed by atoms with van der Waals surface area (Å²) in [6.07, 6.45) is 6.62. The molecular weight excluding hydrogens is 272 g/mol. The normalized spacial score (nSPS) is 19.1. The second-order valence-corrected chi connectivity index (χ2v) is 6.37. The van der Waals surface area contributed by atoms with Gasteiger partial charge >= 0.3 is 0 Å². The second-order valence-electron chi connectivity index (χ2n) is 6.37. The highest BCUT2D eigenvalue weighted by atomic mass is 16.1. The number of aryl methyl sites for hydroxylation is 2. The van der Waals surface area contributed by atoms with Gasteiger partial charge in [0.2, 0.25) is 5.91 Å². The molecule has 0 aromatic heterocycles. The van der Waals surface area contributed by atoms with Gasteiger partial charge in [0.05, 0.1) is 0 Å². The van der Waals surface area contributed by atoms with Crippen molar-refractivity contribution in [3.8, 4) is 0 Å². The van der Waals surface area contributed by atoms with Crippen molar-refractivity contribution in [3.63, 3.8) is 0 Å². The Kier molecular flexibility index (Phi) is 6.91. The smallest absolute Gasteiger partial charge is 0.220 e. The molecule has 1 N–H and O–H groups in total. The number of piperidine rings is 1. The van der Waals surface area contributed by atoms with Crippen LogP contribution in [0.5, 0.6) is 0 Å². The van der Waals surface area contributed by atoms with E-state index in [1.54, 1.807) is 0 Å². The lowest BCUT2D eigenvalue weighted by molar-refractivity contribution is -0.121. The number of likely N-dealkylation sites (tertiary alicyclic amines) is 1. The maximum absolute atomic E-state index is 12.0. The average molecular weight is 302 g/mol. The Morgan fingerprint density at radius 3 is 2.91 bits per heavy atom. The molecule has 22 heavy (non-hydrogen) atoms. The van der Waals surface area contributed by atoms with Crippen LogP contribution in [0.4, 0.5) is 0 Å². The first kappa shape index (κ1) is 17.0. The molecule has 1 aliphatic rings. The number of amides is 1. The summed E-state index contributed by atoms with van der Waals surface area (Å²) >= 11 is 0. The van der Waals surface area contributed by atoms with E-state index in [4.69, 9.17) is 0 Å². The Morgan fingerprint density at radius 2 is 2.14 bits per heavy atom. The number of rotatable bonds is 7. The predicted molar refractivity (Wildman–Crippen MR) is 92.0 cm³/mol. The van der Waals surface area contributed by atoms with E-state index < -0.39 is 0 Å². The molecule has 1 aromatic rings. The van der Waals surface area contributed by atoms with E-state index in [1.165, 1.54) is 43.4 Å². The van der Waals surface area contributed by atoms with Gasteiger partial charge < -0.3 is 5.32 Å². The Balaban J connectivity index is 1.66. The SMILES string of the molecule is CCC1CCCCN1CCNC(=O)CCc1ccccc1C. The molecule has 0 bridgehead atoms. The first-order chi connectivity index (χ1) is 10.7. The molecule has 122 valence electrons. The Labute approximate surface area is 135 Å². The van der Waals surface area contributed by atoms with Crippen molar-refractivity contribution >= 4 is 5.91 Å². The third kappa shape index (κ3) is 5.13. The number of nitrogens with zero attached hydrogens (tertiary/aromatic N) is 1. The summed E-state index contributed by atoms with van der Waals surface area (Å²) in [4.78, 5) is 14.5. The van der Waals surface area contributed by atoms with Gasteiger partial charge in [-0.05, 0) is 50.3 Å². The number of carbonyl (C=O) groups excluding carboxylic acids is 1. The number of nitrogens with one attached hydrogen (secondary N) is 1. The maximum atomic E-state index is 12.0. The van der Waals surface area contributed by atoms with Crippen LogP contribution in [-0.2, 0) is 11.2 Å². The summed E-state index contributed by atoms with van der Waals surface area (Å²) < 4.78 is 0. The molecule has 3 heteroatoms. The van der Waals surface area contributed by atoms with Crippen LogP contribution in [0, 0.1) is 6.92 Å². The summed E-state index contributed by atoms with van der Waals surface area (Å²) in [6.45, 7) is 7.34. The Hall–Kier alpha value is -1.35. The summed E-state index contributed by atoms with van der Waals surface area (Å²) in [5.74, 6) is 0.174. The van der Waals surface area contributed by atoms with Gasteiger partial charge in [-0.3, -0.25) is 9.69 Å². The number of carbonyl (C=O) groups is 1. The van der Waals surface area contributed by atoms with Crippen LogP contribution >= 0.6 is 0 Å². The van der Waals surface area contributed by atoms with Crippen molar-refractivity contribution < 1.29 is 4.79 Å². The zero-order chi connectivity index (χ0) is 15.8. The highest BCUT2D eigenvalue weighted by molar-refractivity contribution is 5.76. The Bertz CT molecular complexity index is 472. The highest BCUT2D eigenvalue weighted by Gasteiger charge is 2.20. The zero-order valence-corrected chi connectivity index (χ0v) is 14.1. The van der Waals surface area contributed by atoms with Gasteiger partial charge in [0.25, 0.3) is 0 Å². The molecule has 1 atom stereocenters. The van der Waals surface area contributed by atoms with E-state index >= 15 is 0 Å². The van der Waals surface area contributed by atoms with Gasteiger partial charge in [-0.15, -0.1) is 0 Å². The lowest BCUT2D eigenvalue weighted by atomic mass is 10.0. The molecule has 0 radical (unpaired) electrons. The van der Waals surface area contributed by atoms with Crippen LogP contribution in [0.2, 0.25) is 0 Å². The van der Waals surface area contributed by atoms with Crippen molar-refractivity contribution in [1.82, 2.24) is 10.2 Å². The van der Waals surface area contributed by atoms with Gasteiger partial charge in [-0.2, -0.15) is 0 Å². The topological polar surface area (TPSA) is 32.3 Å². The van der Waals surface area contributed by atoms with Crippen LogP contribution in [0.15, 0.2) is 24.3 Å². The molecule has 1 fully saturated rings. The molecule has 1 amide bonds. The molecule has 1 unspecified atom stereocenters. The molecule has 2 rings (SSSR count). The predicted octanol–water partition coefficient (Wildman–Crippen LogP) is 3.31. The average Bonchev–Trinajstić information content (AvgIpc) is 2.54. The maximum Gasteiger partial charge on any atom is 0.220 e. The lowest BCUT2D eigenvalue weighted by Gasteiger charge is -2.35. The van der Waals surface area contributed by atoms with Gasteiger partial charge in [-0.1, -0.05) is 37.6 Å². The van der Waals surface area contributed by atoms with Crippen molar-refractivity contribution in [3.05, 3.63) is 35.4 Å². The van der Waals surface area contributed by atoms with Crippen LogP contribution in [0.25, 0.3) is 0 Å². The van der Waals surface area contributed by atoms with E-state index in [-0.39, 0.29) is 5.91 Å². The number of hydrogen-bond acceptors (Lipinski definition) is 2. The standard InChI is InChI=1S/C19H30N2O/c1-3-18-10-6-7-14-21(18)15-13-20-19(22)12-11-17-9-5-4-8-16(17)2/h4-5,8-9,18H,3,6-7,10-15H2,1-2H3,(H,20,22). The highest BCUT2D eigenvalue weighted by Crippen LogP contribution is 2.18. The second kappa shape index (κ2) is 8.94. The summed E-state index contributed by atoms with van der Waals surface area (Å²) in [5.41, 5.74) is 2.55. The minimum atomic E-state index is 0.174. The molecule has 1 aliphatic heterocycles. The third-order valence-electron chi connectivity index (χ3n) is 4.82. The molecule has 0 aliphatic carbocycles. The molecule has 1 heterocycles. The molecule has 0 saturated carbocycles. The van der Waals surface area contributed by atoms with E-state index in [0.29, 0.717) is 6.42 Å². The van der Waals surface area contributed by atoms with Crippen LogP contribution in [0.3, 0.4) is 0 Å². The van der Waals surface area contributed by atoms with E-state index in [0.717, 1.165) is 25.6 Å². The lowest BCUT2D eigenvalue weighted by Crippen LogP contribution is -2.43. The molecule has 1 aromatic carbocycles. The van der Waals surface area contributed by atoms with Crippen molar-refractivity contribution in [2.24, 2.45) is 0 Å². The van der Waals surface area contributed by atoms with Crippen molar-refractivity contribution in [2.75, 3.05) is 19.6 Å². The van der Waals surface area contributed by atoms with Gasteiger partial charge in [0, 0.05) is 25.6 Å². The number of hydrogen-bond donors (Lipinski definition) is 1. The van der Waals surface area contributed by atoms with E-state index in [2.05, 4.69) is 36.2 Å². The fraction of sp³-hybridized carbons (Fsp3) is 0.632. The summed E-state index contributed by atoms with van der Waals surface area (Å²) in [5, 5.41) is 3.08. The monoisotopic (exact) mass is 302 g/mol. The number of benzene rings is 1. The fourth-order valence-electron chi connectivity index (χ4n) is 3.38. The third-order valence-corrected chi connectivity index (χ3v) is 4.82. The van der Waals surface area contributed by atoms with Crippen LogP contribution in [-0.4, -0.2) is 36.5 Å². The van der Waals surface area contributed by atoms with Gasteiger partial charge in [0.1, 0.15) is 0 Å². The molecular formula is C19H30N2O. The van der Waals surface area contributed by atoms with Gasteiger partial charge in [-0.25, -0.2) is 0 Å². The molecule has 0 spiro atoms. The summed E-state index contributed by atoms with van der Waals surface area (Å²) in [6, 6.07) is 9.03. The van der Waals surface area contributed by atoms with Crippen LogP contribution in [0.1, 0.15) is 50.2 Å². The minimum Gasteiger partial charge on any atom is -0.355 e. The minimum absolute atomic E-state index is 0.174. The van der Waals surface area contributed by atoms with Crippen molar-refractivity contribution in [1.29, 1.82) is 0 Å². The van der Waals surface area contributed by atoms with E-state index in [1.807, 2.05) is 12.1 Å². The van der Waals surface area contributed by atoms with Crippen molar-refractivity contribution in [2.45, 2.75) is 58.4 Å². The van der Waals surface area contributed by atoms with E-state index in [9.17, 15) is 4.79 Å². The molecule has 3 nitrogen and oxygen atoms in total.